The molecule has 0 saturated heterocycles. The first-order valence-electron chi connectivity index (χ1n) is 11.1. The van der Waals surface area contributed by atoms with Crippen LogP contribution < -0.4 is 9.47 Å². The molecule has 4 nitrogen and oxygen atoms in total. The molecule has 0 aliphatic carbocycles. The van der Waals surface area contributed by atoms with E-state index in [1.54, 1.807) is 19.2 Å². The maximum atomic E-state index is 12.0. The minimum absolute atomic E-state index is 0.354. The van der Waals surface area contributed by atoms with Crippen LogP contribution in [-0.4, -0.2) is 26.8 Å². The molecule has 4 aromatic carbocycles. The van der Waals surface area contributed by atoms with Gasteiger partial charge < -0.3 is 14.2 Å². The van der Waals surface area contributed by atoms with Gasteiger partial charge in [0.2, 0.25) is 0 Å². The summed E-state index contributed by atoms with van der Waals surface area (Å²) >= 11 is 0. The van der Waals surface area contributed by atoms with Gasteiger partial charge in [-0.1, -0.05) is 60.7 Å². The van der Waals surface area contributed by atoms with Gasteiger partial charge in [-0.2, -0.15) is 0 Å². The third-order valence-corrected chi connectivity index (χ3v) is 6.06. The summed E-state index contributed by atoms with van der Waals surface area (Å²) < 4.78 is 16.3. The van der Waals surface area contributed by atoms with Gasteiger partial charge in [0.25, 0.3) is 0 Å². The third-order valence-electron chi connectivity index (χ3n) is 6.06. The third kappa shape index (κ3) is 4.06. The molecule has 0 aromatic heterocycles. The van der Waals surface area contributed by atoms with E-state index in [1.807, 2.05) is 48.5 Å². The van der Waals surface area contributed by atoms with Crippen LogP contribution in [0.1, 0.15) is 27.0 Å². The van der Waals surface area contributed by atoms with E-state index in [9.17, 15) is 4.79 Å². The number of hydrogen-bond donors (Lipinski definition) is 0. The number of methoxy groups -OCH3 is 2. The van der Waals surface area contributed by atoms with Crippen molar-refractivity contribution in [3.05, 3.63) is 119 Å². The molecule has 168 valence electrons. The molecule has 4 aromatic rings. The molecule has 0 unspecified atom stereocenters. The molecule has 0 N–H and O–H groups in total. The fraction of sp³-hybridized carbons (Fsp3) is 0.100. The Balaban J connectivity index is 1.68. The molecule has 5 rings (SSSR count). The van der Waals surface area contributed by atoms with Crippen molar-refractivity contribution in [3.63, 3.8) is 0 Å². The Kier molecular flexibility index (Phi) is 5.88. The summed E-state index contributed by atoms with van der Waals surface area (Å²) in [5.74, 6) is 1.31. The van der Waals surface area contributed by atoms with Gasteiger partial charge in [0.05, 0.1) is 19.8 Å². The van der Waals surface area contributed by atoms with Gasteiger partial charge in [0.1, 0.15) is 18.1 Å². The molecule has 0 bridgehead atoms. The maximum Gasteiger partial charge on any atom is 0.337 e. The predicted molar refractivity (Wildman–Crippen MR) is 134 cm³/mol. The van der Waals surface area contributed by atoms with Crippen molar-refractivity contribution in [1.82, 2.24) is 0 Å². The molecule has 0 fully saturated rings. The van der Waals surface area contributed by atoms with Crippen LogP contribution >= 0.6 is 0 Å². The topological polar surface area (TPSA) is 44.8 Å². The largest absolute Gasteiger partial charge is 0.497 e. The van der Waals surface area contributed by atoms with Crippen LogP contribution in [0.25, 0.3) is 22.3 Å². The van der Waals surface area contributed by atoms with Crippen molar-refractivity contribution < 1.29 is 19.0 Å². The monoisotopic (exact) mass is 448 g/mol. The fourth-order valence-corrected chi connectivity index (χ4v) is 4.30. The number of ether oxygens (including phenoxy) is 3. The molecule has 0 amide bonds. The van der Waals surface area contributed by atoms with E-state index >= 15 is 0 Å². The Hall–Kier alpha value is -4.31. The zero-order valence-corrected chi connectivity index (χ0v) is 19.1. The molecule has 0 atom stereocenters. The second-order valence-electron chi connectivity index (χ2n) is 8.02. The van der Waals surface area contributed by atoms with Crippen molar-refractivity contribution in [2.45, 2.75) is 0 Å². The van der Waals surface area contributed by atoms with E-state index < -0.39 is 0 Å². The summed E-state index contributed by atoms with van der Waals surface area (Å²) in [6.07, 6.45) is 0. The smallest absolute Gasteiger partial charge is 0.337 e. The molecule has 4 heteroatoms. The summed E-state index contributed by atoms with van der Waals surface area (Å²) in [5.41, 5.74) is 8.08. The van der Waals surface area contributed by atoms with E-state index in [-0.39, 0.29) is 5.97 Å². The lowest BCUT2D eigenvalue weighted by molar-refractivity contribution is 0.0600. The zero-order valence-electron chi connectivity index (χ0n) is 19.1. The number of carbonyl (C=O) groups excluding carboxylic acids is 1. The van der Waals surface area contributed by atoms with Gasteiger partial charge >= 0.3 is 5.97 Å². The van der Waals surface area contributed by atoms with Gasteiger partial charge in [0.15, 0.2) is 0 Å². The lowest BCUT2D eigenvalue weighted by Gasteiger charge is -2.14. The van der Waals surface area contributed by atoms with E-state index in [2.05, 4.69) is 36.4 Å². The zero-order chi connectivity index (χ0) is 23.5. The normalized spacial score (nSPS) is 13.6. The highest BCUT2D eigenvalue weighted by molar-refractivity contribution is 6.02. The number of hydrogen-bond acceptors (Lipinski definition) is 4. The number of rotatable bonds is 5. The quantitative estimate of drug-likeness (QED) is 0.327. The van der Waals surface area contributed by atoms with Gasteiger partial charge in [-0.05, 0) is 64.2 Å². The van der Waals surface area contributed by atoms with Gasteiger partial charge in [-0.3, -0.25) is 0 Å². The van der Waals surface area contributed by atoms with Crippen molar-refractivity contribution in [3.8, 4) is 22.6 Å². The molecular weight excluding hydrogens is 424 g/mol. The summed E-state index contributed by atoms with van der Waals surface area (Å²) in [6.45, 7) is 0.466. The van der Waals surface area contributed by atoms with Crippen LogP contribution in [0.3, 0.4) is 0 Å². The van der Waals surface area contributed by atoms with E-state index in [4.69, 9.17) is 14.2 Å². The molecule has 0 radical (unpaired) electrons. The van der Waals surface area contributed by atoms with Crippen LogP contribution in [0.4, 0.5) is 0 Å². The highest BCUT2D eigenvalue weighted by Gasteiger charge is 2.24. The van der Waals surface area contributed by atoms with Crippen LogP contribution in [-0.2, 0) is 4.74 Å². The fourth-order valence-electron chi connectivity index (χ4n) is 4.30. The van der Waals surface area contributed by atoms with Crippen molar-refractivity contribution >= 4 is 17.1 Å². The molecule has 1 aliphatic rings. The van der Waals surface area contributed by atoms with Crippen molar-refractivity contribution in [2.24, 2.45) is 0 Å². The van der Waals surface area contributed by atoms with Gasteiger partial charge in [-0.25, -0.2) is 4.79 Å². The number of esters is 1. The van der Waals surface area contributed by atoms with Gasteiger partial charge in [0, 0.05) is 11.1 Å². The lowest BCUT2D eigenvalue weighted by Crippen LogP contribution is -2.02. The Bertz CT molecular complexity index is 1350. The lowest BCUT2D eigenvalue weighted by atomic mass is 9.89. The summed E-state index contributed by atoms with van der Waals surface area (Å²) in [4.78, 5) is 12.0. The van der Waals surface area contributed by atoms with Crippen molar-refractivity contribution in [1.29, 1.82) is 0 Å². The summed E-state index contributed by atoms with van der Waals surface area (Å²) in [6, 6.07) is 32.2. The van der Waals surface area contributed by atoms with Crippen LogP contribution in [0, 0.1) is 0 Å². The Morgan fingerprint density at radius 3 is 2.03 bits per heavy atom. The molecular formula is C30H24O4. The minimum atomic E-state index is -0.354. The van der Waals surface area contributed by atoms with E-state index in [0.29, 0.717) is 12.2 Å². The van der Waals surface area contributed by atoms with E-state index in [1.165, 1.54) is 7.11 Å². The molecule has 0 saturated carbocycles. The standard InChI is InChI=1S/C30H24O4/c1-32-25-15-12-22(13-16-25)29(21-8-10-23(11-9-21)30(31)33-2)27-19-34-28-17-14-24(18-26(27)28)20-6-4-3-5-7-20/h3-18H,19H2,1-2H3/b29-27+. The Morgan fingerprint density at radius 1 is 0.735 bits per heavy atom. The maximum absolute atomic E-state index is 12.0. The average molecular weight is 449 g/mol. The minimum Gasteiger partial charge on any atom is -0.497 e. The first-order chi connectivity index (χ1) is 16.7. The summed E-state index contributed by atoms with van der Waals surface area (Å²) in [7, 11) is 3.05. The molecule has 1 heterocycles. The highest BCUT2D eigenvalue weighted by Crippen LogP contribution is 2.42. The average Bonchev–Trinajstić information content (AvgIpc) is 3.32. The Morgan fingerprint density at radius 2 is 1.38 bits per heavy atom. The summed E-state index contributed by atoms with van der Waals surface area (Å²) in [5, 5.41) is 0. The Labute approximate surface area is 199 Å². The first kappa shape index (κ1) is 21.5. The van der Waals surface area contributed by atoms with Crippen LogP contribution in [0.15, 0.2) is 97.1 Å². The highest BCUT2D eigenvalue weighted by atomic mass is 16.5. The molecule has 0 spiro atoms. The first-order valence-corrected chi connectivity index (χ1v) is 11.1. The second-order valence-corrected chi connectivity index (χ2v) is 8.02. The van der Waals surface area contributed by atoms with E-state index in [0.717, 1.165) is 50.5 Å². The SMILES string of the molecule is COC(=O)c1ccc(/C(=C2/COc3ccc(-c4ccccc4)cc32)c2ccc(OC)cc2)cc1. The van der Waals surface area contributed by atoms with Gasteiger partial charge in [-0.15, -0.1) is 0 Å². The molecule has 1 aliphatic heterocycles. The molecule has 34 heavy (non-hydrogen) atoms. The van der Waals surface area contributed by atoms with Crippen LogP contribution in [0.2, 0.25) is 0 Å². The van der Waals surface area contributed by atoms with Crippen molar-refractivity contribution in [2.75, 3.05) is 20.8 Å². The number of carbonyl (C=O) groups is 1. The second kappa shape index (κ2) is 9.28. The van der Waals surface area contributed by atoms with Crippen LogP contribution in [0.5, 0.6) is 11.5 Å². The predicted octanol–water partition coefficient (Wildman–Crippen LogP) is 6.50. The number of fused-ring (bicyclic) bond motifs is 1. The number of benzene rings is 4.